The summed E-state index contributed by atoms with van der Waals surface area (Å²) < 4.78 is 10.7. The zero-order chi connectivity index (χ0) is 13.5. The predicted molar refractivity (Wildman–Crippen MR) is 75.0 cm³/mol. The fraction of sp³-hybridized carbons (Fsp3) is 0.571. The first kappa shape index (κ1) is 15.4. The molecular weight excluding hydrogens is 250 g/mol. The summed E-state index contributed by atoms with van der Waals surface area (Å²) >= 11 is 6.17. The molecule has 18 heavy (non-hydrogen) atoms. The van der Waals surface area contributed by atoms with Crippen molar-refractivity contribution >= 4 is 11.6 Å². The second kappa shape index (κ2) is 7.74. The van der Waals surface area contributed by atoms with Gasteiger partial charge in [-0.3, -0.25) is 0 Å². The van der Waals surface area contributed by atoms with Gasteiger partial charge in [-0.25, -0.2) is 0 Å². The lowest BCUT2D eigenvalue weighted by molar-refractivity contribution is -0.124. The number of hydrogen-bond donors (Lipinski definition) is 1. The van der Waals surface area contributed by atoms with Crippen LogP contribution in [-0.4, -0.2) is 27.1 Å². The molecule has 0 aromatic heterocycles. The van der Waals surface area contributed by atoms with Crippen LogP contribution in [-0.2, 0) is 9.47 Å². The van der Waals surface area contributed by atoms with Crippen LogP contribution in [0.2, 0.25) is 5.02 Å². The van der Waals surface area contributed by atoms with Crippen LogP contribution in [0.5, 0.6) is 0 Å². The Hall–Kier alpha value is -0.610. The molecule has 1 atom stereocenters. The quantitative estimate of drug-likeness (QED) is 0.772. The van der Waals surface area contributed by atoms with Gasteiger partial charge in [-0.15, -0.1) is 0 Å². The maximum Gasteiger partial charge on any atom is 0.176 e. The minimum Gasteiger partial charge on any atom is -0.354 e. The summed E-state index contributed by atoms with van der Waals surface area (Å²) in [7, 11) is 3.29. The normalized spacial score (nSPS) is 13.0. The Balaban J connectivity index is 2.96. The molecule has 0 aliphatic rings. The topological polar surface area (TPSA) is 30.5 Å². The van der Waals surface area contributed by atoms with Crippen molar-refractivity contribution in [2.24, 2.45) is 0 Å². The van der Waals surface area contributed by atoms with Gasteiger partial charge in [-0.05, 0) is 37.1 Å². The molecule has 0 aliphatic carbocycles. The second-order valence-electron chi connectivity index (χ2n) is 4.28. The molecule has 1 aromatic rings. The van der Waals surface area contributed by atoms with E-state index >= 15 is 0 Å². The van der Waals surface area contributed by atoms with Crippen LogP contribution < -0.4 is 5.32 Å². The molecule has 0 aliphatic heterocycles. The maximum absolute atomic E-state index is 6.17. The van der Waals surface area contributed by atoms with Crippen LogP contribution in [0.15, 0.2) is 18.2 Å². The Bertz CT molecular complexity index is 367. The third kappa shape index (κ3) is 3.95. The summed E-state index contributed by atoms with van der Waals surface area (Å²) in [6, 6.07) is 6.02. The fourth-order valence-electron chi connectivity index (χ4n) is 1.84. The molecule has 0 radical (unpaired) electrons. The largest absolute Gasteiger partial charge is 0.354 e. The molecule has 0 heterocycles. The Morgan fingerprint density at radius 2 is 1.94 bits per heavy atom. The van der Waals surface area contributed by atoms with Gasteiger partial charge in [-0.2, -0.15) is 0 Å². The van der Waals surface area contributed by atoms with Crippen LogP contribution in [0.1, 0.15) is 30.5 Å². The van der Waals surface area contributed by atoms with Crippen LogP contribution >= 0.6 is 11.6 Å². The third-order valence-corrected chi connectivity index (χ3v) is 3.31. The smallest absolute Gasteiger partial charge is 0.176 e. The van der Waals surface area contributed by atoms with E-state index < -0.39 is 0 Å². The highest BCUT2D eigenvalue weighted by atomic mass is 35.5. The van der Waals surface area contributed by atoms with Crippen LogP contribution in [0.3, 0.4) is 0 Å². The van der Waals surface area contributed by atoms with E-state index in [9.17, 15) is 0 Å². The SMILES string of the molecule is CCCNC(c1ccc(C)c(Cl)c1)C(OC)OC. The molecule has 4 heteroatoms. The summed E-state index contributed by atoms with van der Waals surface area (Å²) in [5.74, 6) is 0. The van der Waals surface area contributed by atoms with E-state index in [-0.39, 0.29) is 12.3 Å². The van der Waals surface area contributed by atoms with Gasteiger partial charge >= 0.3 is 0 Å². The number of rotatable bonds is 7. The van der Waals surface area contributed by atoms with E-state index in [1.165, 1.54) is 0 Å². The van der Waals surface area contributed by atoms with Gasteiger partial charge in [0.25, 0.3) is 0 Å². The second-order valence-corrected chi connectivity index (χ2v) is 4.69. The molecule has 102 valence electrons. The van der Waals surface area contributed by atoms with Gasteiger partial charge in [0.2, 0.25) is 0 Å². The van der Waals surface area contributed by atoms with Crippen LogP contribution in [0.25, 0.3) is 0 Å². The van der Waals surface area contributed by atoms with Crippen LogP contribution in [0, 0.1) is 6.92 Å². The highest BCUT2D eigenvalue weighted by Gasteiger charge is 2.22. The van der Waals surface area contributed by atoms with Gasteiger partial charge < -0.3 is 14.8 Å². The summed E-state index contributed by atoms with van der Waals surface area (Å²) in [6.07, 6.45) is 0.728. The zero-order valence-corrected chi connectivity index (χ0v) is 12.3. The predicted octanol–water partition coefficient (Wildman–Crippen LogP) is 3.31. The van der Waals surface area contributed by atoms with Gasteiger partial charge in [0.1, 0.15) is 0 Å². The molecule has 0 saturated carbocycles. The molecule has 1 aromatic carbocycles. The number of aryl methyl sites for hydroxylation is 1. The van der Waals surface area contributed by atoms with E-state index in [0.717, 1.165) is 29.1 Å². The maximum atomic E-state index is 6.17. The first-order valence-corrected chi connectivity index (χ1v) is 6.56. The van der Waals surface area contributed by atoms with Crippen molar-refractivity contribution in [3.63, 3.8) is 0 Å². The number of halogens is 1. The molecule has 0 fully saturated rings. The Kier molecular flexibility index (Phi) is 6.65. The monoisotopic (exact) mass is 271 g/mol. The van der Waals surface area contributed by atoms with Crippen molar-refractivity contribution in [3.05, 3.63) is 34.3 Å². The number of benzene rings is 1. The van der Waals surface area contributed by atoms with Gasteiger partial charge in [0, 0.05) is 19.2 Å². The molecular formula is C14H22ClNO2. The molecule has 1 N–H and O–H groups in total. The van der Waals surface area contributed by atoms with E-state index in [2.05, 4.69) is 18.3 Å². The van der Waals surface area contributed by atoms with Crippen molar-refractivity contribution in [2.75, 3.05) is 20.8 Å². The van der Waals surface area contributed by atoms with Crippen molar-refractivity contribution < 1.29 is 9.47 Å². The summed E-state index contributed by atoms with van der Waals surface area (Å²) in [5.41, 5.74) is 2.15. The van der Waals surface area contributed by atoms with E-state index in [1.807, 2.05) is 19.1 Å². The Morgan fingerprint density at radius 1 is 1.28 bits per heavy atom. The third-order valence-electron chi connectivity index (χ3n) is 2.91. The number of ether oxygens (including phenoxy) is 2. The molecule has 0 saturated heterocycles. The number of nitrogens with one attached hydrogen (secondary N) is 1. The van der Waals surface area contributed by atoms with Crippen molar-refractivity contribution in [3.8, 4) is 0 Å². The van der Waals surface area contributed by atoms with Crippen molar-refractivity contribution in [2.45, 2.75) is 32.6 Å². The highest BCUT2D eigenvalue weighted by Crippen LogP contribution is 2.25. The summed E-state index contributed by atoms with van der Waals surface area (Å²) in [5, 5.41) is 4.19. The average Bonchev–Trinajstić information content (AvgIpc) is 2.38. The summed E-state index contributed by atoms with van der Waals surface area (Å²) in [6.45, 7) is 5.02. The van der Waals surface area contributed by atoms with Gasteiger partial charge in [0.05, 0.1) is 6.04 Å². The van der Waals surface area contributed by atoms with Gasteiger partial charge in [0.15, 0.2) is 6.29 Å². The zero-order valence-electron chi connectivity index (χ0n) is 11.5. The van der Waals surface area contributed by atoms with E-state index in [4.69, 9.17) is 21.1 Å². The molecule has 1 rings (SSSR count). The summed E-state index contributed by atoms with van der Waals surface area (Å²) in [4.78, 5) is 0. The first-order valence-electron chi connectivity index (χ1n) is 6.19. The Morgan fingerprint density at radius 3 is 2.44 bits per heavy atom. The van der Waals surface area contributed by atoms with Crippen molar-refractivity contribution in [1.82, 2.24) is 5.32 Å². The molecule has 1 unspecified atom stereocenters. The number of methoxy groups -OCH3 is 2. The lowest BCUT2D eigenvalue weighted by Crippen LogP contribution is -2.35. The number of hydrogen-bond acceptors (Lipinski definition) is 3. The first-order chi connectivity index (χ1) is 8.63. The molecule has 0 spiro atoms. The lowest BCUT2D eigenvalue weighted by atomic mass is 10.0. The minimum atomic E-state index is -0.324. The molecule has 3 nitrogen and oxygen atoms in total. The Labute approximate surface area is 114 Å². The standard InChI is InChI=1S/C14H22ClNO2/c1-5-8-16-13(14(17-3)18-4)11-7-6-10(2)12(15)9-11/h6-7,9,13-14,16H,5,8H2,1-4H3. The average molecular weight is 272 g/mol. The van der Waals surface area contributed by atoms with Crippen molar-refractivity contribution in [1.29, 1.82) is 0 Å². The van der Waals surface area contributed by atoms with E-state index in [1.54, 1.807) is 14.2 Å². The van der Waals surface area contributed by atoms with Crippen LogP contribution in [0.4, 0.5) is 0 Å². The van der Waals surface area contributed by atoms with Gasteiger partial charge in [-0.1, -0.05) is 30.7 Å². The molecule has 0 bridgehead atoms. The van der Waals surface area contributed by atoms with E-state index in [0.29, 0.717) is 0 Å². The fourth-order valence-corrected chi connectivity index (χ4v) is 2.03. The lowest BCUT2D eigenvalue weighted by Gasteiger charge is -2.26. The minimum absolute atomic E-state index is 0.0157. The molecule has 0 amide bonds. The highest BCUT2D eigenvalue weighted by molar-refractivity contribution is 6.31.